The summed E-state index contributed by atoms with van der Waals surface area (Å²) in [4.78, 5) is 0. The van der Waals surface area contributed by atoms with E-state index in [1.165, 1.54) is 4.31 Å². The van der Waals surface area contributed by atoms with Crippen LogP contribution in [0.4, 0.5) is 0 Å². The van der Waals surface area contributed by atoms with Crippen LogP contribution in [0.1, 0.15) is 12.0 Å². The minimum atomic E-state index is -3.29. The molecule has 4 nitrogen and oxygen atoms in total. The van der Waals surface area contributed by atoms with Crippen LogP contribution in [0.2, 0.25) is 10.0 Å². The molecule has 1 aromatic rings. The van der Waals surface area contributed by atoms with Gasteiger partial charge in [-0.25, -0.2) is 12.7 Å². The van der Waals surface area contributed by atoms with Crippen molar-refractivity contribution >= 4 is 33.2 Å². The van der Waals surface area contributed by atoms with Gasteiger partial charge in [0.15, 0.2) is 0 Å². The highest BCUT2D eigenvalue weighted by Gasteiger charge is 2.37. The van der Waals surface area contributed by atoms with Crippen molar-refractivity contribution in [3.8, 4) is 0 Å². The van der Waals surface area contributed by atoms with Crippen LogP contribution in [-0.4, -0.2) is 45.3 Å². The summed E-state index contributed by atoms with van der Waals surface area (Å²) in [5.41, 5.74) is 0.971. The molecule has 1 saturated heterocycles. The lowest BCUT2D eigenvalue weighted by Gasteiger charge is -2.33. The molecule has 7 heteroatoms. The molecule has 1 fully saturated rings. The standard InChI is InChI=1S/C14H19Cl2NO3S/c1-17(2)21(18,19)14-5-6-20-9-11(14)7-10-3-4-12(15)13(16)8-10/h3-4,8,11,14H,5-7,9H2,1-2H3/t11-,14+/m0/s1. The first-order valence-corrected chi connectivity index (χ1v) is 9.01. The second kappa shape index (κ2) is 6.84. The van der Waals surface area contributed by atoms with Crippen LogP contribution in [0, 0.1) is 5.92 Å². The Kier molecular flexibility index (Phi) is 5.54. The van der Waals surface area contributed by atoms with Gasteiger partial charge in [-0.3, -0.25) is 0 Å². The zero-order valence-electron chi connectivity index (χ0n) is 12.1. The van der Waals surface area contributed by atoms with E-state index < -0.39 is 15.3 Å². The lowest BCUT2D eigenvalue weighted by Crippen LogP contribution is -2.44. The van der Waals surface area contributed by atoms with Gasteiger partial charge in [-0.1, -0.05) is 29.3 Å². The van der Waals surface area contributed by atoms with Gasteiger partial charge < -0.3 is 4.74 Å². The first kappa shape index (κ1) is 17.0. The predicted molar refractivity (Wildman–Crippen MR) is 85.5 cm³/mol. The summed E-state index contributed by atoms with van der Waals surface area (Å²) in [6, 6.07) is 5.40. The molecule has 1 aliphatic rings. The molecule has 0 saturated carbocycles. The summed E-state index contributed by atoms with van der Waals surface area (Å²) >= 11 is 11.9. The summed E-state index contributed by atoms with van der Waals surface area (Å²) in [7, 11) is -0.152. The summed E-state index contributed by atoms with van der Waals surface area (Å²) in [5.74, 6) is -0.0802. The fourth-order valence-electron chi connectivity index (χ4n) is 2.60. The van der Waals surface area contributed by atoms with Gasteiger partial charge in [0.25, 0.3) is 0 Å². The maximum Gasteiger partial charge on any atom is 0.216 e. The van der Waals surface area contributed by atoms with Crippen LogP contribution < -0.4 is 0 Å². The number of nitrogens with zero attached hydrogens (tertiary/aromatic N) is 1. The van der Waals surface area contributed by atoms with E-state index in [-0.39, 0.29) is 5.92 Å². The number of hydrogen-bond donors (Lipinski definition) is 0. The molecule has 0 bridgehead atoms. The van der Waals surface area contributed by atoms with Crippen molar-refractivity contribution in [2.45, 2.75) is 18.1 Å². The van der Waals surface area contributed by atoms with Crippen molar-refractivity contribution in [3.63, 3.8) is 0 Å². The van der Waals surface area contributed by atoms with Crippen LogP contribution in [0.3, 0.4) is 0 Å². The quantitative estimate of drug-likeness (QED) is 0.837. The Morgan fingerprint density at radius 1 is 1.29 bits per heavy atom. The average molecular weight is 352 g/mol. The molecule has 0 radical (unpaired) electrons. The Bertz CT molecular complexity index is 604. The summed E-state index contributed by atoms with van der Waals surface area (Å²) in [6.07, 6.45) is 1.13. The van der Waals surface area contributed by atoms with E-state index in [0.29, 0.717) is 36.1 Å². The zero-order chi connectivity index (χ0) is 15.6. The van der Waals surface area contributed by atoms with Gasteiger partial charge in [0.2, 0.25) is 10.0 Å². The van der Waals surface area contributed by atoms with E-state index in [0.717, 1.165) is 5.56 Å². The first-order chi connectivity index (χ1) is 9.82. The van der Waals surface area contributed by atoms with Gasteiger partial charge in [-0.05, 0) is 30.5 Å². The van der Waals surface area contributed by atoms with Crippen molar-refractivity contribution in [2.75, 3.05) is 27.3 Å². The van der Waals surface area contributed by atoms with Crippen LogP contribution in [0.15, 0.2) is 18.2 Å². The third-order valence-electron chi connectivity index (χ3n) is 3.78. The van der Waals surface area contributed by atoms with Crippen LogP contribution in [0.25, 0.3) is 0 Å². The minimum Gasteiger partial charge on any atom is -0.381 e. The monoisotopic (exact) mass is 351 g/mol. The van der Waals surface area contributed by atoms with Crippen molar-refractivity contribution in [1.82, 2.24) is 4.31 Å². The lowest BCUT2D eigenvalue weighted by molar-refractivity contribution is 0.0563. The first-order valence-electron chi connectivity index (χ1n) is 6.75. The molecule has 0 unspecified atom stereocenters. The second-order valence-electron chi connectivity index (χ2n) is 5.44. The fourth-order valence-corrected chi connectivity index (χ4v) is 4.52. The predicted octanol–water partition coefficient (Wildman–Crippen LogP) is 2.83. The zero-order valence-corrected chi connectivity index (χ0v) is 14.4. The van der Waals surface area contributed by atoms with Gasteiger partial charge in [0.1, 0.15) is 0 Å². The van der Waals surface area contributed by atoms with Crippen molar-refractivity contribution in [3.05, 3.63) is 33.8 Å². The molecule has 1 heterocycles. The Labute approximate surface area is 136 Å². The number of rotatable bonds is 4. The molecule has 0 N–H and O–H groups in total. The van der Waals surface area contributed by atoms with Gasteiger partial charge >= 0.3 is 0 Å². The highest BCUT2D eigenvalue weighted by Crippen LogP contribution is 2.29. The molecule has 1 aromatic carbocycles. The number of hydrogen-bond acceptors (Lipinski definition) is 3. The number of ether oxygens (including phenoxy) is 1. The van der Waals surface area contributed by atoms with Crippen LogP contribution in [0.5, 0.6) is 0 Å². The van der Waals surface area contributed by atoms with E-state index >= 15 is 0 Å². The number of benzene rings is 1. The van der Waals surface area contributed by atoms with Gasteiger partial charge in [-0.2, -0.15) is 0 Å². The molecule has 21 heavy (non-hydrogen) atoms. The molecule has 118 valence electrons. The molecule has 2 rings (SSSR count). The normalized spacial score (nSPS) is 23.5. The summed E-state index contributed by atoms with van der Waals surface area (Å²) in [5, 5.41) is 0.561. The smallest absolute Gasteiger partial charge is 0.216 e. The van der Waals surface area contributed by atoms with E-state index in [9.17, 15) is 8.42 Å². The average Bonchev–Trinajstić information content (AvgIpc) is 2.43. The molecule has 1 aliphatic heterocycles. The summed E-state index contributed by atoms with van der Waals surface area (Å²) < 4.78 is 31.6. The van der Waals surface area contributed by atoms with E-state index in [2.05, 4.69) is 0 Å². The Balaban J connectivity index is 2.21. The fraction of sp³-hybridized carbons (Fsp3) is 0.571. The van der Waals surface area contributed by atoms with Crippen LogP contribution in [-0.2, 0) is 21.2 Å². The molecular weight excluding hydrogens is 333 g/mol. The molecule has 2 atom stereocenters. The Hall–Kier alpha value is -0.330. The molecular formula is C14H19Cl2NO3S. The molecule has 0 spiro atoms. The van der Waals surface area contributed by atoms with Crippen molar-refractivity contribution < 1.29 is 13.2 Å². The highest BCUT2D eigenvalue weighted by atomic mass is 35.5. The van der Waals surface area contributed by atoms with Crippen molar-refractivity contribution in [1.29, 1.82) is 0 Å². The van der Waals surface area contributed by atoms with Gasteiger partial charge in [-0.15, -0.1) is 0 Å². The molecule has 0 amide bonds. The second-order valence-corrected chi connectivity index (χ2v) is 8.62. The third kappa shape index (κ3) is 3.90. The maximum atomic E-state index is 12.4. The summed E-state index contributed by atoms with van der Waals surface area (Å²) in [6.45, 7) is 0.924. The van der Waals surface area contributed by atoms with Crippen molar-refractivity contribution in [2.24, 2.45) is 5.92 Å². The number of sulfonamides is 1. The Morgan fingerprint density at radius 3 is 2.62 bits per heavy atom. The third-order valence-corrected chi connectivity index (χ3v) is 6.92. The van der Waals surface area contributed by atoms with Crippen LogP contribution >= 0.6 is 23.2 Å². The van der Waals surface area contributed by atoms with E-state index in [4.69, 9.17) is 27.9 Å². The van der Waals surface area contributed by atoms with Gasteiger partial charge in [0.05, 0.1) is 21.9 Å². The molecule has 0 aromatic heterocycles. The topological polar surface area (TPSA) is 46.6 Å². The SMILES string of the molecule is CN(C)S(=O)(=O)[C@@H]1CCOC[C@@H]1Cc1ccc(Cl)c(Cl)c1. The van der Waals surface area contributed by atoms with E-state index in [1.807, 2.05) is 6.07 Å². The molecule has 0 aliphatic carbocycles. The number of halogens is 2. The lowest BCUT2D eigenvalue weighted by atomic mass is 9.93. The van der Waals surface area contributed by atoms with E-state index in [1.54, 1.807) is 26.2 Å². The highest BCUT2D eigenvalue weighted by molar-refractivity contribution is 7.89. The largest absolute Gasteiger partial charge is 0.381 e. The maximum absolute atomic E-state index is 12.4. The minimum absolute atomic E-state index is 0.0802. The Morgan fingerprint density at radius 2 is 2.00 bits per heavy atom. The van der Waals surface area contributed by atoms with Gasteiger partial charge in [0, 0.05) is 26.6 Å².